The van der Waals surface area contributed by atoms with Crippen LogP contribution in [-0.2, 0) is 6.54 Å². The summed E-state index contributed by atoms with van der Waals surface area (Å²) in [4.78, 5) is 13.5. The van der Waals surface area contributed by atoms with Crippen LogP contribution in [0.1, 0.15) is 28.5 Å². The van der Waals surface area contributed by atoms with E-state index in [1.165, 1.54) is 0 Å². The molecule has 2 aromatic heterocycles. The number of rotatable bonds is 3. The lowest BCUT2D eigenvalue weighted by atomic mass is 9.84. The topological polar surface area (TPSA) is 94.2 Å². The zero-order valence-corrected chi connectivity index (χ0v) is 16.6. The number of fused-ring (bicyclic) bond motifs is 1. The molecule has 140 valence electrons. The summed E-state index contributed by atoms with van der Waals surface area (Å²) in [6.45, 7) is 2.11. The normalized spacial score (nSPS) is 15.7. The monoisotopic (exact) mass is 437 g/mol. The number of hydrogen-bond donors (Lipinski definition) is 1. The first-order valence-electron chi connectivity index (χ1n) is 8.59. The predicted octanol–water partition coefficient (Wildman–Crippen LogP) is 3.78. The third-order valence-corrected chi connectivity index (χ3v) is 5.26. The molecule has 6 nitrogen and oxygen atoms in total. The van der Waals surface area contributed by atoms with Gasteiger partial charge in [-0.2, -0.15) is 5.26 Å². The van der Waals surface area contributed by atoms with Gasteiger partial charge in [0, 0.05) is 16.2 Å². The number of benzene rings is 1. The number of nitrogens with two attached hydrogens (primary N) is 1. The number of aryl methyl sites for hydroxylation is 1. The minimum absolute atomic E-state index is 0.0163. The largest absolute Gasteiger partial charge is 0.467 e. The fourth-order valence-electron chi connectivity index (χ4n) is 3.46. The second kappa shape index (κ2) is 7.06. The first-order valence-corrected chi connectivity index (χ1v) is 9.38. The van der Waals surface area contributed by atoms with Crippen LogP contribution in [0.25, 0.3) is 0 Å². The molecule has 1 aliphatic rings. The van der Waals surface area contributed by atoms with E-state index in [1.54, 1.807) is 23.0 Å². The number of ether oxygens (including phenoxy) is 1. The van der Waals surface area contributed by atoms with Gasteiger partial charge in [-0.05, 0) is 36.8 Å². The molecule has 7 heteroatoms. The van der Waals surface area contributed by atoms with Crippen molar-refractivity contribution in [2.24, 2.45) is 5.73 Å². The molecule has 3 heterocycles. The van der Waals surface area contributed by atoms with Gasteiger partial charge < -0.3 is 19.5 Å². The second-order valence-electron chi connectivity index (χ2n) is 6.51. The van der Waals surface area contributed by atoms with E-state index in [0.29, 0.717) is 22.8 Å². The van der Waals surface area contributed by atoms with Crippen molar-refractivity contribution >= 4 is 15.9 Å². The van der Waals surface area contributed by atoms with Crippen LogP contribution in [-0.4, -0.2) is 4.57 Å². The Morgan fingerprint density at radius 3 is 2.79 bits per heavy atom. The minimum atomic E-state index is -0.609. The van der Waals surface area contributed by atoms with Gasteiger partial charge in [-0.1, -0.05) is 28.1 Å². The molecule has 28 heavy (non-hydrogen) atoms. The SMILES string of the molecule is Cc1cc2c(c(=O)n1Cc1ccco1)[C@H](c1cccc(Br)c1)C(C#N)=C(N)O2. The van der Waals surface area contributed by atoms with Crippen LogP contribution in [0, 0.1) is 18.3 Å². The molecule has 0 bridgehead atoms. The fraction of sp³-hybridized carbons (Fsp3) is 0.143. The smallest absolute Gasteiger partial charge is 0.259 e. The van der Waals surface area contributed by atoms with Crippen LogP contribution in [0.4, 0.5) is 0 Å². The molecule has 0 radical (unpaired) electrons. The van der Waals surface area contributed by atoms with E-state index in [0.717, 1.165) is 10.0 Å². The van der Waals surface area contributed by atoms with Crippen molar-refractivity contribution in [2.75, 3.05) is 0 Å². The van der Waals surface area contributed by atoms with Crippen LogP contribution in [0.15, 0.2) is 73.9 Å². The Morgan fingerprint density at radius 2 is 2.11 bits per heavy atom. The van der Waals surface area contributed by atoms with E-state index >= 15 is 0 Å². The van der Waals surface area contributed by atoms with Crippen molar-refractivity contribution in [3.05, 3.63) is 97.6 Å². The average molecular weight is 438 g/mol. The Labute approximate surface area is 169 Å². The third-order valence-electron chi connectivity index (χ3n) is 4.77. The second-order valence-corrected chi connectivity index (χ2v) is 7.43. The number of furan rings is 1. The Morgan fingerprint density at radius 1 is 1.29 bits per heavy atom. The predicted molar refractivity (Wildman–Crippen MR) is 107 cm³/mol. The van der Waals surface area contributed by atoms with Crippen LogP contribution in [0.5, 0.6) is 5.75 Å². The summed E-state index contributed by atoms with van der Waals surface area (Å²) in [6, 6.07) is 15.0. The molecular formula is C21H16BrN3O3. The van der Waals surface area contributed by atoms with Gasteiger partial charge in [0.1, 0.15) is 23.2 Å². The maximum absolute atomic E-state index is 13.5. The van der Waals surface area contributed by atoms with Gasteiger partial charge >= 0.3 is 0 Å². The Balaban J connectivity index is 1.96. The zero-order chi connectivity index (χ0) is 19.8. The highest BCUT2D eigenvalue weighted by Gasteiger charge is 2.34. The summed E-state index contributed by atoms with van der Waals surface area (Å²) in [5.74, 6) is 0.445. The quantitative estimate of drug-likeness (QED) is 0.672. The molecule has 1 aliphatic heterocycles. The number of nitrogens with zero attached hydrogens (tertiary/aromatic N) is 2. The molecule has 3 aromatic rings. The number of nitriles is 1. The van der Waals surface area contributed by atoms with E-state index in [9.17, 15) is 10.1 Å². The van der Waals surface area contributed by atoms with Crippen LogP contribution >= 0.6 is 15.9 Å². The molecular weight excluding hydrogens is 422 g/mol. The van der Waals surface area contributed by atoms with Gasteiger partial charge in [0.05, 0.1) is 24.3 Å². The highest BCUT2D eigenvalue weighted by Crippen LogP contribution is 2.41. The summed E-state index contributed by atoms with van der Waals surface area (Å²) in [5.41, 5.74) is 7.88. The molecule has 0 fully saturated rings. The molecule has 1 atom stereocenters. The highest BCUT2D eigenvalue weighted by atomic mass is 79.9. The summed E-state index contributed by atoms with van der Waals surface area (Å²) in [5, 5.41) is 9.71. The van der Waals surface area contributed by atoms with Crippen LogP contribution in [0.3, 0.4) is 0 Å². The van der Waals surface area contributed by atoms with Crippen molar-refractivity contribution in [2.45, 2.75) is 19.4 Å². The maximum atomic E-state index is 13.5. The zero-order valence-electron chi connectivity index (χ0n) is 15.0. The first kappa shape index (κ1) is 18.1. The van der Waals surface area contributed by atoms with E-state index in [-0.39, 0.29) is 23.6 Å². The third kappa shape index (κ3) is 3.02. The van der Waals surface area contributed by atoms with E-state index in [2.05, 4.69) is 22.0 Å². The number of hydrogen-bond acceptors (Lipinski definition) is 5. The molecule has 0 unspecified atom stereocenters. The van der Waals surface area contributed by atoms with Crippen molar-refractivity contribution in [3.8, 4) is 11.8 Å². The lowest BCUT2D eigenvalue weighted by molar-refractivity contribution is 0.387. The number of pyridine rings is 1. The van der Waals surface area contributed by atoms with Gasteiger partial charge in [0.2, 0.25) is 5.88 Å². The molecule has 4 rings (SSSR count). The van der Waals surface area contributed by atoms with Crippen molar-refractivity contribution in [3.63, 3.8) is 0 Å². The standard InChI is InChI=1S/C21H16BrN3O3/c1-12-8-17-19(21(26)25(12)11-15-6-3-7-27-15)18(16(10-23)20(24)28-17)13-4-2-5-14(22)9-13/h2-9,18H,11,24H2,1H3/t18-/m1/s1. The lowest BCUT2D eigenvalue weighted by Crippen LogP contribution is -2.33. The van der Waals surface area contributed by atoms with E-state index < -0.39 is 5.92 Å². The number of aromatic nitrogens is 1. The van der Waals surface area contributed by atoms with Crippen LogP contribution in [0.2, 0.25) is 0 Å². The molecule has 2 N–H and O–H groups in total. The maximum Gasteiger partial charge on any atom is 0.259 e. The minimum Gasteiger partial charge on any atom is -0.467 e. The summed E-state index contributed by atoms with van der Waals surface area (Å²) >= 11 is 3.45. The molecule has 1 aromatic carbocycles. The molecule has 0 amide bonds. The fourth-order valence-corrected chi connectivity index (χ4v) is 3.88. The van der Waals surface area contributed by atoms with Gasteiger partial charge in [0.15, 0.2) is 0 Å². The number of allylic oxidation sites excluding steroid dienone is 1. The molecule has 0 aliphatic carbocycles. The van der Waals surface area contributed by atoms with Crippen molar-refractivity contribution in [1.29, 1.82) is 5.26 Å². The van der Waals surface area contributed by atoms with Gasteiger partial charge in [-0.15, -0.1) is 0 Å². The van der Waals surface area contributed by atoms with Crippen LogP contribution < -0.4 is 16.0 Å². The highest BCUT2D eigenvalue weighted by molar-refractivity contribution is 9.10. The number of halogens is 1. The lowest BCUT2D eigenvalue weighted by Gasteiger charge is -2.27. The Bertz CT molecular complexity index is 1190. The van der Waals surface area contributed by atoms with Crippen molar-refractivity contribution < 1.29 is 9.15 Å². The van der Waals surface area contributed by atoms with Crippen molar-refractivity contribution in [1.82, 2.24) is 4.57 Å². The summed E-state index contributed by atoms with van der Waals surface area (Å²) in [6.07, 6.45) is 1.57. The summed E-state index contributed by atoms with van der Waals surface area (Å²) < 4.78 is 13.5. The van der Waals surface area contributed by atoms with Gasteiger partial charge in [-0.3, -0.25) is 4.79 Å². The molecule has 0 saturated heterocycles. The summed E-state index contributed by atoms with van der Waals surface area (Å²) in [7, 11) is 0. The van der Waals surface area contributed by atoms with Gasteiger partial charge in [0.25, 0.3) is 5.56 Å². The van der Waals surface area contributed by atoms with Gasteiger partial charge in [-0.25, -0.2) is 0 Å². The molecule has 0 saturated carbocycles. The van der Waals surface area contributed by atoms with E-state index in [1.807, 2.05) is 37.3 Å². The molecule has 0 spiro atoms. The first-order chi connectivity index (χ1) is 13.5. The Hall–Kier alpha value is -3.24. The van der Waals surface area contributed by atoms with E-state index in [4.69, 9.17) is 14.9 Å². The average Bonchev–Trinajstić information content (AvgIpc) is 3.17. The Kier molecular flexibility index (Phi) is 4.57.